The number of carbonyl (C=O) groups excluding carboxylic acids is 1. The van der Waals surface area contributed by atoms with E-state index in [2.05, 4.69) is 37.4 Å². The number of benzene rings is 1. The predicted molar refractivity (Wildman–Crippen MR) is 85.1 cm³/mol. The Kier molecular flexibility index (Phi) is 5.80. The van der Waals surface area contributed by atoms with E-state index in [9.17, 15) is 4.79 Å². The number of esters is 1. The Bertz CT molecular complexity index is 476. The van der Waals surface area contributed by atoms with E-state index >= 15 is 0 Å². The molecule has 0 spiro atoms. The minimum atomic E-state index is -0.00916. The topological polar surface area (TPSA) is 38.3 Å². The SMILES string of the molecule is CCOC(=O)C1CCC(NCc2ccc(C)c(C)c2)CC1. The highest BCUT2D eigenvalue weighted by Crippen LogP contribution is 2.25. The number of nitrogens with one attached hydrogen (secondary N) is 1. The van der Waals surface area contributed by atoms with Crippen molar-refractivity contribution in [2.45, 2.75) is 59.0 Å². The van der Waals surface area contributed by atoms with E-state index in [4.69, 9.17) is 4.74 Å². The van der Waals surface area contributed by atoms with Gasteiger partial charge in [-0.25, -0.2) is 0 Å². The molecule has 1 aliphatic carbocycles. The molecule has 0 aromatic heterocycles. The summed E-state index contributed by atoms with van der Waals surface area (Å²) in [5.74, 6) is 0.106. The molecule has 0 saturated heterocycles. The van der Waals surface area contributed by atoms with Crippen molar-refractivity contribution in [1.29, 1.82) is 0 Å². The Morgan fingerprint density at radius 3 is 2.52 bits per heavy atom. The zero-order chi connectivity index (χ0) is 15.2. The Morgan fingerprint density at radius 1 is 1.19 bits per heavy atom. The van der Waals surface area contributed by atoms with Crippen LogP contribution in [0.3, 0.4) is 0 Å². The molecule has 3 heteroatoms. The maximum atomic E-state index is 11.7. The molecule has 116 valence electrons. The van der Waals surface area contributed by atoms with Gasteiger partial charge in [-0.15, -0.1) is 0 Å². The van der Waals surface area contributed by atoms with Crippen molar-refractivity contribution in [2.75, 3.05) is 6.61 Å². The average molecular weight is 289 g/mol. The molecule has 1 aromatic rings. The lowest BCUT2D eigenvalue weighted by Gasteiger charge is -2.28. The molecule has 1 aliphatic rings. The van der Waals surface area contributed by atoms with Crippen LogP contribution in [0, 0.1) is 19.8 Å². The largest absolute Gasteiger partial charge is 0.466 e. The normalized spacial score (nSPS) is 22.0. The summed E-state index contributed by atoms with van der Waals surface area (Å²) in [6.07, 6.45) is 4.02. The fourth-order valence-corrected chi connectivity index (χ4v) is 2.97. The highest BCUT2D eigenvalue weighted by molar-refractivity contribution is 5.72. The standard InChI is InChI=1S/C18H27NO2/c1-4-21-18(20)16-7-9-17(10-8-16)19-12-15-6-5-13(2)14(3)11-15/h5-6,11,16-17,19H,4,7-10,12H2,1-3H3. The molecular weight excluding hydrogens is 262 g/mol. The van der Waals surface area contributed by atoms with Crippen LogP contribution in [0.15, 0.2) is 18.2 Å². The molecule has 21 heavy (non-hydrogen) atoms. The van der Waals surface area contributed by atoms with E-state index in [1.54, 1.807) is 0 Å². The fourth-order valence-electron chi connectivity index (χ4n) is 2.97. The van der Waals surface area contributed by atoms with Gasteiger partial charge < -0.3 is 10.1 Å². The molecule has 0 bridgehead atoms. The number of hydrogen-bond donors (Lipinski definition) is 1. The van der Waals surface area contributed by atoms with Crippen LogP contribution in [0.25, 0.3) is 0 Å². The number of ether oxygens (including phenoxy) is 1. The second-order valence-corrected chi connectivity index (χ2v) is 6.10. The molecule has 0 heterocycles. The summed E-state index contributed by atoms with van der Waals surface area (Å²) in [5.41, 5.74) is 4.03. The van der Waals surface area contributed by atoms with Gasteiger partial charge in [-0.2, -0.15) is 0 Å². The van der Waals surface area contributed by atoms with Crippen molar-refractivity contribution in [3.63, 3.8) is 0 Å². The maximum absolute atomic E-state index is 11.7. The molecule has 0 aliphatic heterocycles. The van der Waals surface area contributed by atoms with Crippen molar-refractivity contribution in [2.24, 2.45) is 5.92 Å². The second-order valence-electron chi connectivity index (χ2n) is 6.10. The third-order valence-corrected chi connectivity index (χ3v) is 4.51. The van der Waals surface area contributed by atoms with Gasteiger partial charge in [0.2, 0.25) is 0 Å². The van der Waals surface area contributed by atoms with Gasteiger partial charge in [0.1, 0.15) is 0 Å². The maximum Gasteiger partial charge on any atom is 0.308 e. The van der Waals surface area contributed by atoms with Crippen molar-refractivity contribution in [3.05, 3.63) is 34.9 Å². The van der Waals surface area contributed by atoms with E-state index in [0.717, 1.165) is 32.2 Å². The Labute approximate surface area is 128 Å². The Balaban J connectivity index is 1.76. The molecule has 1 N–H and O–H groups in total. The third kappa shape index (κ3) is 4.57. The van der Waals surface area contributed by atoms with Crippen LogP contribution in [-0.2, 0) is 16.1 Å². The van der Waals surface area contributed by atoms with Gasteiger partial charge in [-0.1, -0.05) is 18.2 Å². The molecule has 0 atom stereocenters. The van der Waals surface area contributed by atoms with Crippen LogP contribution in [0.2, 0.25) is 0 Å². The lowest BCUT2D eigenvalue weighted by atomic mass is 9.86. The minimum absolute atomic E-state index is 0.00916. The van der Waals surface area contributed by atoms with Crippen molar-refractivity contribution in [1.82, 2.24) is 5.32 Å². The lowest BCUT2D eigenvalue weighted by molar-refractivity contribution is -0.149. The Morgan fingerprint density at radius 2 is 1.90 bits per heavy atom. The van der Waals surface area contributed by atoms with Gasteiger partial charge in [0.15, 0.2) is 0 Å². The number of hydrogen-bond acceptors (Lipinski definition) is 3. The summed E-state index contributed by atoms with van der Waals surface area (Å²) in [5, 5.41) is 3.62. The van der Waals surface area contributed by atoms with Crippen LogP contribution >= 0.6 is 0 Å². The highest BCUT2D eigenvalue weighted by Gasteiger charge is 2.26. The molecule has 1 saturated carbocycles. The fraction of sp³-hybridized carbons (Fsp3) is 0.611. The van der Waals surface area contributed by atoms with Crippen LogP contribution in [-0.4, -0.2) is 18.6 Å². The van der Waals surface area contributed by atoms with Crippen LogP contribution in [0.1, 0.15) is 49.3 Å². The van der Waals surface area contributed by atoms with Crippen molar-refractivity contribution >= 4 is 5.97 Å². The first-order valence-corrected chi connectivity index (χ1v) is 8.06. The monoisotopic (exact) mass is 289 g/mol. The zero-order valence-electron chi connectivity index (χ0n) is 13.4. The van der Waals surface area contributed by atoms with E-state index in [1.807, 2.05) is 6.92 Å². The number of carbonyl (C=O) groups is 1. The molecule has 0 radical (unpaired) electrons. The molecule has 1 aromatic carbocycles. The zero-order valence-corrected chi connectivity index (χ0v) is 13.4. The minimum Gasteiger partial charge on any atom is -0.466 e. The molecule has 2 rings (SSSR count). The van der Waals surface area contributed by atoms with E-state index < -0.39 is 0 Å². The molecule has 1 fully saturated rings. The van der Waals surface area contributed by atoms with E-state index in [0.29, 0.717) is 12.6 Å². The first kappa shape index (κ1) is 16.0. The van der Waals surface area contributed by atoms with E-state index in [-0.39, 0.29) is 11.9 Å². The third-order valence-electron chi connectivity index (χ3n) is 4.51. The first-order chi connectivity index (χ1) is 10.1. The summed E-state index contributed by atoms with van der Waals surface area (Å²) < 4.78 is 5.11. The summed E-state index contributed by atoms with van der Waals surface area (Å²) >= 11 is 0. The summed E-state index contributed by atoms with van der Waals surface area (Å²) in [6, 6.07) is 7.16. The number of aryl methyl sites for hydroxylation is 2. The quantitative estimate of drug-likeness (QED) is 0.843. The first-order valence-electron chi connectivity index (χ1n) is 8.06. The van der Waals surface area contributed by atoms with Crippen LogP contribution in [0.5, 0.6) is 0 Å². The van der Waals surface area contributed by atoms with E-state index in [1.165, 1.54) is 16.7 Å². The summed E-state index contributed by atoms with van der Waals surface area (Å²) in [4.78, 5) is 11.7. The van der Waals surface area contributed by atoms with Gasteiger partial charge in [0.05, 0.1) is 12.5 Å². The van der Waals surface area contributed by atoms with Gasteiger partial charge in [0.25, 0.3) is 0 Å². The predicted octanol–water partition coefficient (Wildman–Crippen LogP) is 3.51. The smallest absolute Gasteiger partial charge is 0.308 e. The summed E-state index contributed by atoms with van der Waals surface area (Å²) in [6.45, 7) is 7.57. The molecule has 0 unspecified atom stereocenters. The lowest BCUT2D eigenvalue weighted by Crippen LogP contribution is -2.35. The van der Waals surface area contributed by atoms with Crippen molar-refractivity contribution in [3.8, 4) is 0 Å². The van der Waals surface area contributed by atoms with Crippen molar-refractivity contribution < 1.29 is 9.53 Å². The van der Waals surface area contributed by atoms with Gasteiger partial charge >= 0.3 is 5.97 Å². The van der Waals surface area contributed by atoms with Gasteiger partial charge in [-0.3, -0.25) is 4.79 Å². The van der Waals surface area contributed by atoms with Gasteiger partial charge in [-0.05, 0) is 63.1 Å². The van der Waals surface area contributed by atoms with Crippen LogP contribution < -0.4 is 5.32 Å². The highest BCUT2D eigenvalue weighted by atomic mass is 16.5. The second kappa shape index (κ2) is 7.60. The molecule has 0 amide bonds. The number of rotatable bonds is 5. The van der Waals surface area contributed by atoms with Gasteiger partial charge in [0, 0.05) is 12.6 Å². The Hall–Kier alpha value is -1.35. The summed E-state index contributed by atoms with van der Waals surface area (Å²) in [7, 11) is 0. The average Bonchev–Trinajstić information content (AvgIpc) is 2.49. The van der Waals surface area contributed by atoms with Crippen LogP contribution in [0.4, 0.5) is 0 Å². The molecular formula is C18H27NO2. The molecule has 3 nitrogen and oxygen atoms in total.